The van der Waals surface area contributed by atoms with E-state index in [9.17, 15) is 0 Å². The molecule has 2 rings (SSSR count). The second-order valence-electron chi connectivity index (χ2n) is 5.09. The number of hydrogen-bond acceptors (Lipinski definition) is 1. The number of rotatable bonds is 4. The highest BCUT2D eigenvalue weighted by Crippen LogP contribution is 2.46. The molecule has 1 atom stereocenters. The normalized spacial score (nSPS) is 21.6. The average molecular weight is 217 g/mol. The van der Waals surface area contributed by atoms with Crippen LogP contribution in [0.4, 0.5) is 5.69 Å². The second-order valence-corrected chi connectivity index (χ2v) is 5.09. The number of anilines is 1. The first-order valence-electron chi connectivity index (χ1n) is 6.60. The summed E-state index contributed by atoms with van der Waals surface area (Å²) in [5.74, 6) is 0.642. The van der Waals surface area contributed by atoms with Crippen LogP contribution in [-0.2, 0) is 0 Å². The van der Waals surface area contributed by atoms with Crippen LogP contribution in [0.3, 0.4) is 0 Å². The van der Waals surface area contributed by atoms with E-state index in [-0.39, 0.29) is 0 Å². The van der Waals surface area contributed by atoms with Crippen LogP contribution in [0.2, 0.25) is 0 Å². The van der Waals surface area contributed by atoms with Crippen molar-refractivity contribution in [3.63, 3.8) is 0 Å². The summed E-state index contributed by atoms with van der Waals surface area (Å²) in [6, 6.07) is 8.79. The van der Waals surface area contributed by atoms with Gasteiger partial charge in [-0.3, -0.25) is 0 Å². The molecule has 1 heteroatoms. The van der Waals surface area contributed by atoms with Gasteiger partial charge in [0.2, 0.25) is 0 Å². The molecule has 0 radical (unpaired) electrons. The van der Waals surface area contributed by atoms with Crippen LogP contribution < -0.4 is 5.32 Å². The lowest BCUT2D eigenvalue weighted by molar-refractivity contribution is 0.354. The Kier molecular flexibility index (Phi) is 3.22. The standard InChI is InChI=1S/C15H23N/c1-4-10-15(11-5-2)12(3)13-8-6-7-9-14(13)16-15/h6-9,12,16H,4-5,10-11H2,1-3H3/t12-/m1/s1. The Morgan fingerprint density at radius 1 is 1.12 bits per heavy atom. The lowest BCUT2D eigenvalue weighted by Gasteiger charge is -2.34. The Balaban J connectivity index is 2.32. The molecule has 88 valence electrons. The topological polar surface area (TPSA) is 12.0 Å². The van der Waals surface area contributed by atoms with Crippen LogP contribution >= 0.6 is 0 Å². The Labute approximate surface area is 99.3 Å². The van der Waals surface area contributed by atoms with Gasteiger partial charge in [-0.15, -0.1) is 0 Å². The van der Waals surface area contributed by atoms with E-state index in [0.29, 0.717) is 11.5 Å². The van der Waals surface area contributed by atoms with Crippen molar-refractivity contribution in [2.24, 2.45) is 0 Å². The highest BCUT2D eigenvalue weighted by molar-refractivity contribution is 5.61. The van der Waals surface area contributed by atoms with Crippen LogP contribution in [0.15, 0.2) is 24.3 Å². The number of hydrogen-bond donors (Lipinski definition) is 1. The molecule has 1 N–H and O–H groups in total. The summed E-state index contributed by atoms with van der Waals surface area (Å²) in [7, 11) is 0. The lowest BCUT2D eigenvalue weighted by atomic mass is 9.78. The van der Waals surface area contributed by atoms with Crippen molar-refractivity contribution in [1.82, 2.24) is 0 Å². The van der Waals surface area contributed by atoms with E-state index in [1.807, 2.05) is 0 Å². The van der Waals surface area contributed by atoms with Gasteiger partial charge in [0.1, 0.15) is 0 Å². The molecule has 1 heterocycles. The largest absolute Gasteiger partial charge is 0.379 e. The fraction of sp³-hybridized carbons (Fsp3) is 0.600. The predicted molar refractivity (Wildman–Crippen MR) is 71.0 cm³/mol. The Bertz CT molecular complexity index is 350. The van der Waals surface area contributed by atoms with E-state index in [1.54, 1.807) is 0 Å². The third kappa shape index (κ3) is 1.73. The van der Waals surface area contributed by atoms with Crippen molar-refractivity contribution in [2.45, 2.75) is 57.9 Å². The van der Waals surface area contributed by atoms with E-state index in [2.05, 4.69) is 50.4 Å². The first kappa shape index (κ1) is 11.5. The zero-order valence-electron chi connectivity index (χ0n) is 10.7. The summed E-state index contributed by atoms with van der Waals surface area (Å²) < 4.78 is 0. The molecule has 16 heavy (non-hydrogen) atoms. The molecule has 1 aromatic carbocycles. The summed E-state index contributed by atoms with van der Waals surface area (Å²) in [6.45, 7) is 6.95. The minimum Gasteiger partial charge on any atom is -0.379 e. The van der Waals surface area contributed by atoms with Gasteiger partial charge < -0.3 is 5.32 Å². The molecule has 0 aromatic heterocycles. The van der Waals surface area contributed by atoms with E-state index in [4.69, 9.17) is 0 Å². The Morgan fingerprint density at radius 3 is 2.31 bits per heavy atom. The SMILES string of the molecule is CCCC1(CCC)Nc2ccccc2[C@H]1C. The fourth-order valence-corrected chi connectivity index (χ4v) is 3.24. The average Bonchev–Trinajstić information content (AvgIpc) is 2.54. The van der Waals surface area contributed by atoms with Gasteiger partial charge >= 0.3 is 0 Å². The maximum Gasteiger partial charge on any atom is 0.0440 e. The van der Waals surface area contributed by atoms with Gasteiger partial charge in [-0.1, -0.05) is 51.8 Å². The first-order chi connectivity index (χ1) is 7.73. The summed E-state index contributed by atoms with van der Waals surface area (Å²) in [4.78, 5) is 0. The lowest BCUT2D eigenvalue weighted by Crippen LogP contribution is -2.38. The molecule has 1 aliphatic rings. The zero-order chi connectivity index (χ0) is 11.6. The maximum atomic E-state index is 3.80. The molecule has 0 saturated heterocycles. The van der Waals surface area contributed by atoms with Crippen LogP contribution in [0.25, 0.3) is 0 Å². The summed E-state index contributed by atoms with van der Waals surface area (Å²) >= 11 is 0. The highest BCUT2D eigenvalue weighted by Gasteiger charge is 2.41. The van der Waals surface area contributed by atoms with E-state index in [1.165, 1.54) is 36.9 Å². The van der Waals surface area contributed by atoms with E-state index >= 15 is 0 Å². The van der Waals surface area contributed by atoms with Crippen LogP contribution in [-0.4, -0.2) is 5.54 Å². The molecular formula is C15H23N. The monoisotopic (exact) mass is 217 g/mol. The first-order valence-corrected chi connectivity index (χ1v) is 6.60. The summed E-state index contributed by atoms with van der Waals surface area (Å²) in [6.07, 6.45) is 5.06. The minimum atomic E-state index is 0.313. The molecule has 0 unspecified atom stereocenters. The summed E-state index contributed by atoms with van der Waals surface area (Å²) in [5, 5.41) is 3.80. The van der Waals surface area contributed by atoms with Crippen molar-refractivity contribution < 1.29 is 0 Å². The molecule has 1 aliphatic heterocycles. The molecule has 0 bridgehead atoms. The van der Waals surface area contributed by atoms with Crippen molar-refractivity contribution in [2.75, 3.05) is 5.32 Å². The maximum absolute atomic E-state index is 3.80. The van der Waals surface area contributed by atoms with Crippen LogP contribution in [0, 0.1) is 0 Å². The molecule has 1 aromatic rings. The Hall–Kier alpha value is -0.980. The van der Waals surface area contributed by atoms with Crippen molar-refractivity contribution in [1.29, 1.82) is 0 Å². The van der Waals surface area contributed by atoms with Crippen molar-refractivity contribution in [3.05, 3.63) is 29.8 Å². The highest BCUT2D eigenvalue weighted by atomic mass is 15.0. The van der Waals surface area contributed by atoms with Gasteiger partial charge in [0.15, 0.2) is 0 Å². The van der Waals surface area contributed by atoms with Gasteiger partial charge in [-0.05, 0) is 24.5 Å². The van der Waals surface area contributed by atoms with E-state index < -0.39 is 0 Å². The third-order valence-corrected chi connectivity index (χ3v) is 4.03. The summed E-state index contributed by atoms with van der Waals surface area (Å²) in [5.41, 5.74) is 3.18. The molecule has 0 spiro atoms. The van der Waals surface area contributed by atoms with E-state index in [0.717, 1.165) is 0 Å². The second kappa shape index (κ2) is 4.48. The molecular weight excluding hydrogens is 194 g/mol. The predicted octanol–water partition coefficient (Wildman–Crippen LogP) is 4.55. The fourth-order valence-electron chi connectivity index (χ4n) is 3.24. The van der Waals surface area contributed by atoms with Gasteiger partial charge in [-0.25, -0.2) is 0 Å². The van der Waals surface area contributed by atoms with Gasteiger partial charge in [0.25, 0.3) is 0 Å². The molecule has 1 nitrogen and oxygen atoms in total. The van der Waals surface area contributed by atoms with Crippen molar-refractivity contribution >= 4 is 5.69 Å². The number of para-hydroxylation sites is 1. The van der Waals surface area contributed by atoms with Gasteiger partial charge in [-0.2, -0.15) is 0 Å². The zero-order valence-corrected chi connectivity index (χ0v) is 10.7. The van der Waals surface area contributed by atoms with Crippen LogP contribution in [0.1, 0.15) is 57.9 Å². The molecule has 0 fully saturated rings. The van der Waals surface area contributed by atoms with Gasteiger partial charge in [0, 0.05) is 17.1 Å². The number of fused-ring (bicyclic) bond motifs is 1. The Morgan fingerprint density at radius 2 is 1.75 bits per heavy atom. The van der Waals surface area contributed by atoms with Crippen molar-refractivity contribution in [3.8, 4) is 0 Å². The number of benzene rings is 1. The van der Waals surface area contributed by atoms with Crippen LogP contribution in [0.5, 0.6) is 0 Å². The quantitative estimate of drug-likeness (QED) is 0.780. The third-order valence-electron chi connectivity index (χ3n) is 4.03. The minimum absolute atomic E-state index is 0.313. The number of nitrogens with one attached hydrogen (secondary N) is 1. The molecule has 0 saturated carbocycles. The van der Waals surface area contributed by atoms with Gasteiger partial charge in [0.05, 0.1) is 0 Å². The molecule has 0 aliphatic carbocycles. The molecule has 0 amide bonds. The smallest absolute Gasteiger partial charge is 0.0440 e.